The molecule has 0 heterocycles. The van der Waals surface area contributed by atoms with Gasteiger partial charge in [-0.1, -0.05) is 30.3 Å². The molecule has 3 rings (SSSR count). The minimum atomic E-state index is -0.358. The molecule has 1 aliphatic rings. The first-order valence-corrected chi connectivity index (χ1v) is 8.83. The second-order valence-corrected chi connectivity index (χ2v) is 6.67. The van der Waals surface area contributed by atoms with Crippen LogP contribution >= 0.6 is 12.2 Å². The summed E-state index contributed by atoms with van der Waals surface area (Å²) in [6.07, 6.45) is 3.32. The maximum absolute atomic E-state index is 11.7. The van der Waals surface area contributed by atoms with Crippen molar-refractivity contribution in [1.29, 1.82) is 0 Å². The van der Waals surface area contributed by atoms with Gasteiger partial charge in [0.15, 0.2) is 5.11 Å². The highest BCUT2D eigenvalue weighted by molar-refractivity contribution is 7.80. The number of rotatable bonds is 3. The van der Waals surface area contributed by atoms with Crippen molar-refractivity contribution in [3.63, 3.8) is 0 Å². The van der Waals surface area contributed by atoms with E-state index < -0.39 is 0 Å². The summed E-state index contributed by atoms with van der Waals surface area (Å²) in [4.78, 5) is 11.7. The molecule has 0 fully saturated rings. The summed E-state index contributed by atoms with van der Waals surface area (Å²) < 4.78 is 4.78. The first-order chi connectivity index (χ1) is 12.1. The smallest absolute Gasteiger partial charge is 0.337 e. The Morgan fingerprint density at radius 1 is 1.24 bits per heavy atom. The number of benzene rings is 2. The van der Waals surface area contributed by atoms with Crippen LogP contribution in [0.5, 0.6) is 0 Å². The molecule has 4 nitrogen and oxygen atoms in total. The third kappa shape index (κ3) is 3.99. The van der Waals surface area contributed by atoms with Crippen LogP contribution < -0.4 is 10.6 Å². The third-order valence-electron chi connectivity index (χ3n) is 4.58. The lowest BCUT2D eigenvalue weighted by atomic mass is 9.88. The number of methoxy groups -OCH3 is 1. The zero-order chi connectivity index (χ0) is 17.8. The lowest BCUT2D eigenvalue weighted by Crippen LogP contribution is -2.34. The minimum absolute atomic E-state index is 0.217. The summed E-state index contributed by atoms with van der Waals surface area (Å²) in [5.74, 6) is -0.358. The fourth-order valence-corrected chi connectivity index (χ4v) is 3.47. The normalized spacial score (nSPS) is 15.8. The van der Waals surface area contributed by atoms with Gasteiger partial charge in [0.25, 0.3) is 0 Å². The van der Waals surface area contributed by atoms with Crippen LogP contribution in [0.25, 0.3) is 0 Å². The highest BCUT2D eigenvalue weighted by atomic mass is 32.1. The molecular weight excluding hydrogens is 332 g/mol. The fraction of sp³-hybridized carbons (Fsp3) is 0.300. The number of fused-ring (bicyclic) bond motifs is 1. The van der Waals surface area contributed by atoms with Gasteiger partial charge in [-0.15, -0.1) is 0 Å². The predicted octanol–water partition coefficient (Wildman–Crippen LogP) is 4.15. The van der Waals surface area contributed by atoms with Gasteiger partial charge in [0.1, 0.15) is 0 Å². The Balaban J connectivity index is 1.73. The molecule has 2 aromatic carbocycles. The van der Waals surface area contributed by atoms with E-state index >= 15 is 0 Å². The summed E-state index contributed by atoms with van der Waals surface area (Å²) >= 11 is 5.50. The zero-order valence-corrected chi connectivity index (χ0v) is 15.3. The Morgan fingerprint density at radius 2 is 2.04 bits per heavy atom. The maximum Gasteiger partial charge on any atom is 0.337 e. The van der Waals surface area contributed by atoms with Crippen molar-refractivity contribution in [3.8, 4) is 0 Å². The van der Waals surface area contributed by atoms with Crippen LogP contribution in [0.3, 0.4) is 0 Å². The minimum Gasteiger partial charge on any atom is -0.465 e. The molecule has 0 aliphatic heterocycles. The molecule has 0 saturated heterocycles. The zero-order valence-electron chi connectivity index (χ0n) is 14.5. The molecule has 0 aromatic heterocycles. The number of nitrogens with one attached hydrogen (secondary N) is 2. The number of carbonyl (C=O) groups is 1. The molecule has 5 heteroatoms. The van der Waals surface area contributed by atoms with Crippen molar-refractivity contribution in [2.24, 2.45) is 0 Å². The standard InChI is InChI=1S/C20H22N2O2S/c1-13-10-11-15(19(23)24-2)12-18(13)22-20(25)21-17-9-5-7-14-6-3-4-8-16(14)17/h3-4,6,8,10-12,17H,5,7,9H2,1-2H3,(H2,21,22,25)/t17-/m0/s1. The van der Waals surface area contributed by atoms with E-state index in [1.165, 1.54) is 18.2 Å². The van der Waals surface area contributed by atoms with Crippen LogP contribution in [0.4, 0.5) is 5.69 Å². The van der Waals surface area contributed by atoms with Crippen LogP contribution in [0.2, 0.25) is 0 Å². The molecular formula is C20H22N2O2S. The molecule has 0 radical (unpaired) electrons. The van der Waals surface area contributed by atoms with Gasteiger partial charge < -0.3 is 15.4 Å². The van der Waals surface area contributed by atoms with Crippen LogP contribution in [0.15, 0.2) is 42.5 Å². The Kier molecular flexibility index (Phi) is 5.34. The van der Waals surface area contributed by atoms with E-state index in [2.05, 4.69) is 34.9 Å². The Labute approximate surface area is 153 Å². The summed E-state index contributed by atoms with van der Waals surface area (Å²) in [6.45, 7) is 1.97. The lowest BCUT2D eigenvalue weighted by Gasteiger charge is -2.27. The van der Waals surface area contributed by atoms with Gasteiger partial charge in [-0.25, -0.2) is 4.79 Å². The predicted molar refractivity (Wildman–Crippen MR) is 104 cm³/mol. The van der Waals surface area contributed by atoms with Gasteiger partial charge in [-0.3, -0.25) is 0 Å². The second kappa shape index (κ2) is 7.66. The molecule has 1 atom stereocenters. The molecule has 25 heavy (non-hydrogen) atoms. The highest BCUT2D eigenvalue weighted by Gasteiger charge is 2.20. The number of carbonyl (C=O) groups excluding carboxylic acids is 1. The number of aryl methyl sites for hydroxylation is 2. The van der Waals surface area contributed by atoms with Crippen molar-refractivity contribution >= 4 is 29.0 Å². The van der Waals surface area contributed by atoms with Crippen LogP contribution in [0.1, 0.15) is 45.9 Å². The molecule has 2 aromatic rings. The van der Waals surface area contributed by atoms with Crippen LogP contribution in [-0.4, -0.2) is 18.2 Å². The number of esters is 1. The third-order valence-corrected chi connectivity index (χ3v) is 4.80. The molecule has 0 amide bonds. The van der Waals surface area contributed by atoms with E-state index in [0.29, 0.717) is 10.7 Å². The number of thiocarbonyl (C=S) groups is 1. The molecule has 0 spiro atoms. The van der Waals surface area contributed by atoms with E-state index in [1.807, 2.05) is 13.0 Å². The molecule has 130 valence electrons. The van der Waals surface area contributed by atoms with E-state index in [-0.39, 0.29) is 12.0 Å². The van der Waals surface area contributed by atoms with Gasteiger partial charge in [0.2, 0.25) is 0 Å². The number of hydrogen-bond donors (Lipinski definition) is 2. The average molecular weight is 354 g/mol. The van der Waals surface area contributed by atoms with Crippen molar-refractivity contribution < 1.29 is 9.53 Å². The van der Waals surface area contributed by atoms with Gasteiger partial charge in [0, 0.05) is 5.69 Å². The van der Waals surface area contributed by atoms with E-state index in [1.54, 1.807) is 12.1 Å². The van der Waals surface area contributed by atoms with Gasteiger partial charge >= 0.3 is 5.97 Å². The largest absolute Gasteiger partial charge is 0.465 e. The van der Waals surface area contributed by atoms with Crippen molar-refractivity contribution in [1.82, 2.24) is 5.32 Å². The molecule has 0 saturated carbocycles. The first kappa shape index (κ1) is 17.4. The van der Waals surface area contributed by atoms with E-state index in [0.717, 1.165) is 30.5 Å². The van der Waals surface area contributed by atoms with E-state index in [4.69, 9.17) is 17.0 Å². The Morgan fingerprint density at radius 3 is 2.84 bits per heavy atom. The van der Waals surface area contributed by atoms with Crippen molar-refractivity contribution in [3.05, 3.63) is 64.7 Å². The van der Waals surface area contributed by atoms with Crippen molar-refractivity contribution in [2.75, 3.05) is 12.4 Å². The summed E-state index contributed by atoms with van der Waals surface area (Å²) in [5.41, 5.74) is 5.03. The Bertz CT molecular complexity index is 804. The van der Waals surface area contributed by atoms with Gasteiger partial charge in [0.05, 0.1) is 18.7 Å². The number of ether oxygens (including phenoxy) is 1. The molecule has 0 unspecified atom stereocenters. The summed E-state index contributed by atoms with van der Waals surface area (Å²) in [7, 11) is 1.38. The maximum atomic E-state index is 11.7. The van der Waals surface area contributed by atoms with Crippen LogP contribution in [0, 0.1) is 6.92 Å². The molecule has 2 N–H and O–H groups in total. The van der Waals surface area contributed by atoms with Gasteiger partial charge in [-0.2, -0.15) is 0 Å². The van der Waals surface area contributed by atoms with Crippen LogP contribution in [-0.2, 0) is 11.2 Å². The van der Waals surface area contributed by atoms with Crippen molar-refractivity contribution in [2.45, 2.75) is 32.2 Å². The lowest BCUT2D eigenvalue weighted by molar-refractivity contribution is 0.0601. The van der Waals surface area contributed by atoms with E-state index in [9.17, 15) is 4.79 Å². The second-order valence-electron chi connectivity index (χ2n) is 6.26. The first-order valence-electron chi connectivity index (χ1n) is 8.43. The quantitative estimate of drug-likeness (QED) is 0.641. The topological polar surface area (TPSA) is 50.4 Å². The molecule has 0 bridgehead atoms. The summed E-state index contributed by atoms with van der Waals surface area (Å²) in [6, 6.07) is 14.1. The monoisotopic (exact) mass is 354 g/mol. The number of anilines is 1. The highest BCUT2D eigenvalue weighted by Crippen LogP contribution is 2.29. The number of hydrogen-bond acceptors (Lipinski definition) is 3. The SMILES string of the molecule is COC(=O)c1ccc(C)c(NC(=S)N[C@H]2CCCc3ccccc32)c1. The average Bonchev–Trinajstić information content (AvgIpc) is 2.63. The Hall–Kier alpha value is -2.40. The summed E-state index contributed by atoms with van der Waals surface area (Å²) in [5, 5.41) is 7.20. The van der Waals surface area contributed by atoms with Gasteiger partial charge in [-0.05, 0) is 67.2 Å². The fourth-order valence-electron chi connectivity index (χ4n) is 3.22. The molecule has 1 aliphatic carbocycles.